The van der Waals surface area contributed by atoms with Crippen LogP contribution in [0.4, 0.5) is 0 Å². The molecule has 0 spiro atoms. The number of aliphatic hydroxyl groups is 4. The first-order valence-electron chi connectivity index (χ1n) is 5.42. The minimum absolute atomic E-state index is 0.411. The van der Waals surface area contributed by atoms with Crippen molar-refractivity contribution >= 4 is 22.7 Å². The Morgan fingerprint density at radius 1 is 1.06 bits per heavy atom. The van der Waals surface area contributed by atoms with Gasteiger partial charge in [-0.1, -0.05) is 6.07 Å². The molecular weight excluding hydrogens is 272 g/mol. The third kappa shape index (κ3) is 2.49. The van der Waals surface area contributed by atoms with Crippen LogP contribution in [-0.2, 0) is 0 Å². The average molecular weight is 286 g/mol. The van der Waals surface area contributed by atoms with E-state index in [1.165, 1.54) is 22.7 Å². The smallest absolute Gasteiger partial charge is 0.104 e. The lowest BCUT2D eigenvalue weighted by atomic mass is 10.0. The topological polar surface area (TPSA) is 80.9 Å². The van der Waals surface area contributed by atoms with Gasteiger partial charge < -0.3 is 20.4 Å². The molecule has 2 heterocycles. The van der Waals surface area contributed by atoms with Crippen molar-refractivity contribution < 1.29 is 20.4 Å². The van der Waals surface area contributed by atoms with E-state index < -0.39 is 25.4 Å². The average Bonchev–Trinajstić information content (AvgIpc) is 3.04. The summed E-state index contributed by atoms with van der Waals surface area (Å²) in [5, 5.41) is 41.4. The maximum absolute atomic E-state index is 9.89. The SMILES string of the molecule is OCC(O)c1csc(-c2cccs2)c1C(O)CO. The second kappa shape index (κ2) is 5.92. The molecule has 0 bridgehead atoms. The monoisotopic (exact) mass is 286 g/mol. The summed E-state index contributed by atoms with van der Waals surface area (Å²) in [6.07, 6.45) is -2.09. The minimum Gasteiger partial charge on any atom is -0.393 e. The first kappa shape index (κ1) is 13.7. The molecule has 0 aliphatic rings. The zero-order valence-corrected chi connectivity index (χ0v) is 11.1. The molecule has 0 saturated heterocycles. The molecule has 0 saturated carbocycles. The molecule has 2 unspecified atom stereocenters. The summed E-state index contributed by atoms with van der Waals surface area (Å²) in [5.41, 5.74) is 0.985. The van der Waals surface area contributed by atoms with Crippen LogP contribution in [-0.4, -0.2) is 33.6 Å². The van der Waals surface area contributed by atoms with E-state index in [0.717, 1.165) is 9.75 Å². The minimum atomic E-state index is -1.05. The molecular formula is C12H14O4S2. The molecule has 2 rings (SSSR count). The first-order chi connectivity index (χ1) is 8.69. The molecule has 0 amide bonds. The highest BCUT2D eigenvalue weighted by molar-refractivity contribution is 7.20. The van der Waals surface area contributed by atoms with Gasteiger partial charge in [-0.25, -0.2) is 0 Å². The number of hydrogen-bond donors (Lipinski definition) is 4. The highest BCUT2D eigenvalue weighted by Crippen LogP contribution is 2.41. The van der Waals surface area contributed by atoms with Crippen molar-refractivity contribution in [2.45, 2.75) is 12.2 Å². The molecule has 0 aliphatic heterocycles. The van der Waals surface area contributed by atoms with E-state index in [1.54, 1.807) is 5.38 Å². The van der Waals surface area contributed by atoms with Gasteiger partial charge in [0, 0.05) is 16.0 Å². The Morgan fingerprint density at radius 2 is 1.78 bits per heavy atom. The van der Waals surface area contributed by atoms with Crippen LogP contribution >= 0.6 is 22.7 Å². The Hall–Kier alpha value is -0.760. The van der Waals surface area contributed by atoms with Crippen LogP contribution in [0, 0.1) is 0 Å². The maximum atomic E-state index is 9.89. The summed E-state index contributed by atoms with van der Waals surface area (Å²) in [4.78, 5) is 1.80. The van der Waals surface area contributed by atoms with Gasteiger partial charge in [0.15, 0.2) is 0 Å². The fourth-order valence-corrected chi connectivity index (χ4v) is 3.83. The van der Waals surface area contributed by atoms with Gasteiger partial charge in [0.25, 0.3) is 0 Å². The highest BCUT2D eigenvalue weighted by atomic mass is 32.1. The van der Waals surface area contributed by atoms with Crippen molar-refractivity contribution in [3.05, 3.63) is 34.0 Å². The van der Waals surface area contributed by atoms with E-state index >= 15 is 0 Å². The number of thiophene rings is 2. The van der Waals surface area contributed by atoms with Crippen molar-refractivity contribution in [1.82, 2.24) is 0 Å². The van der Waals surface area contributed by atoms with Crippen molar-refractivity contribution in [2.24, 2.45) is 0 Å². The zero-order valence-electron chi connectivity index (χ0n) is 9.48. The first-order valence-corrected chi connectivity index (χ1v) is 7.18. The predicted molar refractivity (Wildman–Crippen MR) is 71.7 cm³/mol. The summed E-state index contributed by atoms with van der Waals surface area (Å²) >= 11 is 2.91. The Morgan fingerprint density at radius 3 is 2.33 bits per heavy atom. The van der Waals surface area contributed by atoms with Crippen LogP contribution < -0.4 is 0 Å². The lowest BCUT2D eigenvalue weighted by Gasteiger charge is -2.14. The van der Waals surface area contributed by atoms with Crippen LogP contribution in [0.15, 0.2) is 22.9 Å². The fourth-order valence-electron chi connectivity index (χ4n) is 1.77. The van der Waals surface area contributed by atoms with E-state index in [4.69, 9.17) is 10.2 Å². The summed E-state index contributed by atoms with van der Waals surface area (Å²) in [6, 6.07) is 3.82. The van der Waals surface area contributed by atoms with Crippen molar-refractivity contribution in [3.63, 3.8) is 0 Å². The number of rotatable bonds is 5. The number of aliphatic hydroxyl groups excluding tert-OH is 4. The molecule has 0 fully saturated rings. The molecule has 4 N–H and O–H groups in total. The standard InChI is InChI=1S/C12H14O4S2/c13-4-8(15)7-6-18-12(10-2-1-3-17-10)11(7)9(16)5-14/h1-3,6,8-9,13-16H,4-5H2. The molecule has 18 heavy (non-hydrogen) atoms. The normalized spacial score (nSPS) is 14.7. The van der Waals surface area contributed by atoms with Gasteiger partial charge in [0.1, 0.15) is 12.2 Å². The summed E-state index contributed by atoms with van der Waals surface area (Å²) in [6.45, 7) is -0.827. The van der Waals surface area contributed by atoms with Crippen LogP contribution in [0.5, 0.6) is 0 Å². The van der Waals surface area contributed by atoms with Gasteiger partial charge in [-0.15, -0.1) is 22.7 Å². The van der Waals surface area contributed by atoms with Crippen LogP contribution in [0.1, 0.15) is 23.3 Å². The lowest BCUT2D eigenvalue weighted by molar-refractivity contribution is 0.0785. The molecule has 0 aliphatic carbocycles. The lowest BCUT2D eigenvalue weighted by Crippen LogP contribution is -2.10. The van der Waals surface area contributed by atoms with Gasteiger partial charge in [0.05, 0.1) is 18.1 Å². The van der Waals surface area contributed by atoms with E-state index in [0.29, 0.717) is 11.1 Å². The third-order valence-electron chi connectivity index (χ3n) is 2.64. The molecule has 98 valence electrons. The van der Waals surface area contributed by atoms with Gasteiger partial charge in [-0.05, 0) is 16.8 Å². The van der Waals surface area contributed by atoms with E-state index in [9.17, 15) is 10.2 Å². The van der Waals surface area contributed by atoms with E-state index in [2.05, 4.69) is 0 Å². The van der Waals surface area contributed by atoms with E-state index in [1.807, 2.05) is 17.5 Å². The molecule has 2 aromatic rings. The third-order valence-corrected chi connectivity index (χ3v) is 4.71. The molecule has 0 aromatic carbocycles. The van der Waals surface area contributed by atoms with Crippen LogP contribution in [0.2, 0.25) is 0 Å². The Balaban J connectivity index is 2.51. The fraction of sp³-hybridized carbons (Fsp3) is 0.333. The Bertz CT molecular complexity index is 492. The Labute approximate surface area is 112 Å². The molecule has 0 radical (unpaired) electrons. The van der Waals surface area contributed by atoms with Crippen LogP contribution in [0.3, 0.4) is 0 Å². The Kier molecular flexibility index (Phi) is 4.50. The quantitative estimate of drug-likeness (QED) is 0.672. The summed E-state index contributed by atoms with van der Waals surface area (Å²) < 4.78 is 0. The predicted octanol–water partition coefficient (Wildman–Crippen LogP) is 1.53. The van der Waals surface area contributed by atoms with Gasteiger partial charge >= 0.3 is 0 Å². The molecule has 4 nitrogen and oxygen atoms in total. The molecule has 2 aromatic heterocycles. The highest BCUT2D eigenvalue weighted by Gasteiger charge is 2.24. The van der Waals surface area contributed by atoms with Crippen molar-refractivity contribution in [3.8, 4) is 9.75 Å². The zero-order chi connectivity index (χ0) is 13.1. The second-order valence-corrected chi connectivity index (χ2v) is 5.64. The number of hydrogen-bond acceptors (Lipinski definition) is 6. The van der Waals surface area contributed by atoms with Crippen LogP contribution in [0.25, 0.3) is 9.75 Å². The molecule has 2 atom stereocenters. The molecule has 6 heteroatoms. The van der Waals surface area contributed by atoms with Gasteiger partial charge in [-0.2, -0.15) is 0 Å². The van der Waals surface area contributed by atoms with Gasteiger partial charge in [-0.3, -0.25) is 0 Å². The van der Waals surface area contributed by atoms with Crippen molar-refractivity contribution in [2.75, 3.05) is 13.2 Å². The van der Waals surface area contributed by atoms with Gasteiger partial charge in [0.2, 0.25) is 0 Å². The summed E-state index contributed by atoms with van der Waals surface area (Å²) in [5.74, 6) is 0. The largest absolute Gasteiger partial charge is 0.393 e. The maximum Gasteiger partial charge on any atom is 0.104 e. The van der Waals surface area contributed by atoms with Crippen molar-refractivity contribution in [1.29, 1.82) is 0 Å². The summed E-state index contributed by atoms with van der Waals surface area (Å²) in [7, 11) is 0. The van der Waals surface area contributed by atoms with E-state index in [-0.39, 0.29) is 0 Å². The second-order valence-electron chi connectivity index (χ2n) is 3.81.